The van der Waals surface area contributed by atoms with Gasteiger partial charge in [-0.1, -0.05) is 6.58 Å². The van der Waals surface area contributed by atoms with Crippen LogP contribution in [0, 0.1) is 0 Å². The van der Waals surface area contributed by atoms with Gasteiger partial charge in [0.2, 0.25) is 5.91 Å². The molecule has 122 valence electrons. The molecular weight excluding hydrogens is 280 g/mol. The second-order valence-corrected chi connectivity index (χ2v) is 5.24. The number of anilines is 3. The quantitative estimate of drug-likeness (QED) is 0.718. The fourth-order valence-electron chi connectivity index (χ4n) is 2.00. The van der Waals surface area contributed by atoms with E-state index in [9.17, 15) is 4.79 Å². The average molecular weight is 306 g/mol. The molecule has 0 saturated carbocycles. The number of nitrogens with zero attached hydrogens (tertiary/aromatic N) is 2. The van der Waals surface area contributed by atoms with Gasteiger partial charge in [-0.2, -0.15) is 0 Å². The summed E-state index contributed by atoms with van der Waals surface area (Å²) < 4.78 is 5.41. The second kappa shape index (κ2) is 8.29. The first-order valence-corrected chi connectivity index (χ1v) is 7.12. The molecule has 0 atom stereocenters. The molecule has 1 amide bonds. The van der Waals surface area contributed by atoms with E-state index in [1.54, 1.807) is 7.11 Å². The Balaban J connectivity index is 3.19. The van der Waals surface area contributed by atoms with Crippen LogP contribution in [0.3, 0.4) is 0 Å². The Morgan fingerprint density at radius 3 is 2.45 bits per heavy atom. The number of benzene rings is 1. The first-order valence-electron chi connectivity index (χ1n) is 7.12. The number of hydrogen-bond acceptors (Lipinski definition) is 5. The highest BCUT2D eigenvalue weighted by atomic mass is 16.5. The maximum atomic E-state index is 11.7. The summed E-state index contributed by atoms with van der Waals surface area (Å²) in [7, 11) is 9.48. The van der Waals surface area contributed by atoms with Gasteiger partial charge in [-0.3, -0.25) is 4.79 Å². The Morgan fingerprint density at radius 1 is 1.27 bits per heavy atom. The lowest BCUT2D eigenvalue weighted by Gasteiger charge is -2.25. The molecule has 22 heavy (non-hydrogen) atoms. The van der Waals surface area contributed by atoms with E-state index in [0.717, 1.165) is 35.9 Å². The molecule has 0 bridgehead atoms. The number of carbonyl (C=O) groups is 1. The summed E-state index contributed by atoms with van der Waals surface area (Å²) in [5.41, 5.74) is 2.43. The third kappa shape index (κ3) is 4.66. The molecule has 0 fully saturated rings. The SMILES string of the molecule is C=CC(=O)Nc1cc(NC)c(OC)cc1N(C)CCN(C)C. The van der Waals surface area contributed by atoms with Crippen LogP contribution in [-0.2, 0) is 4.79 Å². The minimum absolute atomic E-state index is 0.241. The van der Waals surface area contributed by atoms with Crippen molar-refractivity contribution in [2.45, 2.75) is 0 Å². The van der Waals surface area contributed by atoms with Crippen LogP contribution in [0.25, 0.3) is 0 Å². The number of rotatable bonds is 8. The van der Waals surface area contributed by atoms with Gasteiger partial charge < -0.3 is 25.2 Å². The monoisotopic (exact) mass is 306 g/mol. The van der Waals surface area contributed by atoms with Crippen molar-refractivity contribution in [3.05, 3.63) is 24.8 Å². The highest BCUT2D eigenvalue weighted by Crippen LogP contribution is 2.36. The van der Waals surface area contributed by atoms with E-state index in [1.165, 1.54) is 6.08 Å². The molecule has 0 heterocycles. The molecule has 1 aromatic rings. The van der Waals surface area contributed by atoms with Crippen LogP contribution in [0.2, 0.25) is 0 Å². The predicted molar refractivity (Wildman–Crippen MR) is 93.2 cm³/mol. The van der Waals surface area contributed by atoms with E-state index in [1.807, 2.05) is 40.3 Å². The van der Waals surface area contributed by atoms with Crippen molar-refractivity contribution in [3.63, 3.8) is 0 Å². The molecule has 1 aromatic carbocycles. The Labute approximate surface area is 132 Å². The zero-order valence-electron chi connectivity index (χ0n) is 14.1. The van der Waals surface area contributed by atoms with Gasteiger partial charge in [0, 0.05) is 33.3 Å². The van der Waals surface area contributed by atoms with Crippen LogP contribution in [0.15, 0.2) is 24.8 Å². The Morgan fingerprint density at radius 2 is 1.95 bits per heavy atom. The molecule has 0 radical (unpaired) electrons. The number of nitrogens with one attached hydrogen (secondary N) is 2. The minimum atomic E-state index is -0.241. The Kier molecular flexibility index (Phi) is 6.72. The van der Waals surface area contributed by atoms with Gasteiger partial charge in [0.05, 0.1) is 24.2 Å². The van der Waals surface area contributed by atoms with Crippen molar-refractivity contribution < 1.29 is 9.53 Å². The van der Waals surface area contributed by atoms with Crippen molar-refractivity contribution in [3.8, 4) is 5.75 Å². The van der Waals surface area contributed by atoms with Crippen molar-refractivity contribution >= 4 is 23.0 Å². The van der Waals surface area contributed by atoms with Crippen LogP contribution < -0.4 is 20.3 Å². The van der Waals surface area contributed by atoms with Gasteiger partial charge in [0.15, 0.2) is 0 Å². The van der Waals surface area contributed by atoms with E-state index in [4.69, 9.17) is 4.74 Å². The third-order valence-corrected chi connectivity index (χ3v) is 3.32. The molecule has 0 aromatic heterocycles. The maximum Gasteiger partial charge on any atom is 0.247 e. The standard InChI is InChI=1S/C16H26N4O2/c1-7-16(21)18-12-10-13(17-2)15(22-6)11-14(12)20(5)9-8-19(3)4/h7,10-11,17H,1,8-9H2,2-6H3,(H,18,21). The Hall–Kier alpha value is -2.21. The van der Waals surface area contributed by atoms with Crippen molar-refractivity contribution in [2.24, 2.45) is 0 Å². The van der Waals surface area contributed by atoms with Gasteiger partial charge in [-0.05, 0) is 26.2 Å². The molecule has 6 nitrogen and oxygen atoms in total. The van der Waals surface area contributed by atoms with Crippen LogP contribution in [0.4, 0.5) is 17.1 Å². The fraction of sp³-hybridized carbons (Fsp3) is 0.438. The summed E-state index contributed by atoms with van der Waals surface area (Å²) in [5, 5.41) is 5.91. The first kappa shape index (κ1) is 17.8. The van der Waals surface area contributed by atoms with Gasteiger partial charge in [0.25, 0.3) is 0 Å². The van der Waals surface area contributed by atoms with Gasteiger partial charge in [0.1, 0.15) is 5.75 Å². The number of methoxy groups -OCH3 is 1. The van der Waals surface area contributed by atoms with Crippen molar-refractivity contribution in [2.75, 3.05) is 63.9 Å². The van der Waals surface area contributed by atoms with Gasteiger partial charge in [-0.25, -0.2) is 0 Å². The molecule has 6 heteroatoms. The molecule has 0 spiro atoms. The van der Waals surface area contributed by atoms with Crippen LogP contribution in [-0.4, -0.2) is 59.2 Å². The molecule has 0 unspecified atom stereocenters. The van der Waals surface area contributed by atoms with Crippen molar-refractivity contribution in [1.82, 2.24) is 4.90 Å². The Bertz CT molecular complexity index is 529. The topological polar surface area (TPSA) is 56.8 Å². The molecule has 0 aliphatic heterocycles. The summed E-state index contributed by atoms with van der Waals surface area (Å²) in [6.07, 6.45) is 1.26. The zero-order valence-corrected chi connectivity index (χ0v) is 14.1. The second-order valence-electron chi connectivity index (χ2n) is 5.24. The molecule has 1 rings (SSSR count). The lowest BCUT2D eigenvalue weighted by molar-refractivity contribution is -0.111. The lowest BCUT2D eigenvalue weighted by Crippen LogP contribution is -2.29. The molecule has 0 saturated heterocycles. The first-order chi connectivity index (χ1) is 10.4. The predicted octanol–water partition coefficient (Wildman–Crippen LogP) is 1.86. The zero-order chi connectivity index (χ0) is 16.7. The van der Waals surface area contributed by atoms with Crippen LogP contribution >= 0.6 is 0 Å². The molecular formula is C16H26N4O2. The third-order valence-electron chi connectivity index (χ3n) is 3.32. The summed E-state index contributed by atoms with van der Waals surface area (Å²) in [6, 6.07) is 3.78. The normalized spacial score (nSPS) is 10.3. The molecule has 0 aliphatic rings. The summed E-state index contributed by atoms with van der Waals surface area (Å²) in [5.74, 6) is 0.486. The number of hydrogen-bond donors (Lipinski definition) is 2. The van der Waals surface area contributed by atoms with E-state index in [-0.39, 0.29) is 5.91 Å². The average Bonchev–Trinajstić information content (AvgIpc) is 2.51. The highest BCUT2D eigenvalue weighted by Gasteiger charge is 2.14. The maximum absolute atomic E-state index is 11.7. The van der Waals surface area contributed by atoms with Crippen LogP contribution in [0.1, 0.15) is 0 Å². The molecule has 2 N–H and O–H groups in total. The highest BCUT2D eigenvalue weighted by molar-refractivity contribution is 6.02. The van der Waals surface area contributed by atoms with Gasteiger partial charge >= 0.3 is 0 Å². The fourth-order valence-corrected chi connectivity index (χ4v) is 2.00. The van der Waals surface area contributed by atoms with Crippen LogP contribution in [0.5, 0.6) is 5.75 Å². The summed E-state index contributed by atoms with van der Waals surface area (Å²) in [4.78, 5) is 15.9. The summed E-state index contributed by atoms with van der Waals surface area (Å²) in [6.45, 7) is 5.22. The lowest BCUT2D eigenvalue weighted by atomic mass is 10.2. The van der Waals surface area contributed by atoms with E-state index >= 15 is 0 Å². The van der Waals surface area contributed by atoms with Gasteiger partial charge in [-0.15, -0.1) is 0 Å². The van der Waals surface area contributed by atoms with E-state index < -0.39 is 0 Å². The summed E-state index contributed by atoms with van der Waals surface area (Å²) >= 11 is 0. The van der Waals surface area contributed by atoms with Crippen molar-refractivity contribution in [1.29, 1.82) is 0 Å². The smallest absolute Gasteiger partial charge is 0.247 e. The number of ether oxygens (including phenoxy) is 1. The number of amides is 1. The molecule has 0 aliphatic carbocycles. The minimum Gasteiger partial charge on any atom is -0.495 e. The largest absolute Gasteiger partial charge is 0.495 e. The van der Waals surface area contributed by atoms with E-state index in [2.05, 4.69) is 27.0 Å². The number of carbonyl (C=O) groups excluding carboxylic acids is 1. The number of likely N-dealkylation sites (N-methyl/N-ethyl adjacent to an activating group) is 2. The van der Waals surface area contributed by atoms with E-state index in [0.29, 0.717) is 0 Å².